The van der Waals surface area contributed by atoms with Crippen LogP contribution in [-0.2, 0) is 11.2 Å². The van der Waals surface area contributed by atoms with Crippen molar-refractivity contribution in [1.29, 1.82) is 0 Å². The average Bonchev–Trinajstić information content (AvgIpc) is 2.60. The zero-order chi connectivity index (χ0) is 19.1. The van der Waals surface area contributed by atoms with E-state index in [1.807, 2.05) is 19.1 Å². The fourth-order valence-electron chi connectivity index (χ4n) is 2.48. The molecule has 0 saturated carbocycles. The van der Waals surface area contributed by atoms with E-state index < -0.39 is 18.7 Å². The lowest BCUT2D eigenvalue weighted by Crippen LogP contribution is -2.32. The number of hydrogen-bond donors (Lipinski definition) is 3. The molecule has 2 atom stereocenters. The third kappa shape index (κ3) is 6.50. The Morgan fingerprint density at radius 1 is 1.23 bits per heavy atom. The van der Waals surface area contributed by atoms with E-state index in [0.717, 1.165) is 11.1 Å². The van der Waals surface area contributed by atoms with Crippen molar-refractivity contribution in [2.75, 3.05) is 13.2 Å². The molecule has 0 heterocycles. The van der Waals surface area contributed by atoms with E-state index in [4.69, 9.17) is 33.0 Å². The van der Waals surface area contributed by atoms with Crippen molar-refractivity contribution < 1.29 is 19.7 Å². The Kier molecular flexibility index (Phi) is 7.72. The van der Waals surface area contributed by atoms with Gasteiger partial charge in [-0.25, -0.2) is 4.79 Å². The van der Waals surface area contributed by atoms with Crippen LogP contribution in [0.4, 0.5) is 0 Å². The molecule has 0 radical (unpaired) electrons. The van der Waals surface area contributed by atoms with Gasteiger partial charge in [-0.1, -0.05) is 41.4 Å². The van der Waals surface area contributed by atoms with Crippen LogP contribution in [-0.4, -0.2) is 35.4 Å². The molecule has 0 bridgehead atoms. The zero-order valence-corrected chi connectivity index (χ0v) is 15.8. The Balaban J connectivity index is 1.87. The Morgan fingerprint density at radius 2 is 2.00 bits per heavy atom. The summed E-state index contributed by atoms with van der Waals surface area (Å²) in [5.41, 5.74) is 1.67. The molecule has 5 nitrogen and oxygen atoms in total. The number of benzene rings is 2. The maximum atomic E-state index is 10.5. The molecule has 0 saturated heterocycles. The van der Waals surface area contributed by atoms with Gasteiger partial charge in [0, 0.05) is 22.6 Å². The highest BCUT2D eigenvalue weighted by atomic mass is 35.5. The van der Waals surface area contributed by atoms with Gasteiger partial charge in [0.25, 0.3) is 0 Å². The number of carboxylic acid groups (broad SMARTS) is 1. The van der Waals surface area contributed by atoms with E-state index in [-0.39, 0.29) is 6.04 Å². The minimum atomic E-state index is -1.04. The first-order chi connectivity index (χ1) is 12.3. The molecule has 0 fully saturated rings. The molecular weight excluding hydrogens is 377 g/mol. The van der Waals surface area contributed by atoms with Crippen LogP contribution in [0, 0.1) is 0 Å². The van der Waals surface area contributed by atoms with Crippen molar-refractivity contribution in [3.63, 3.8) is 0 Å². The van der Waals surface area contributed by atoms with Crippen LogP contribution in [0.25, 0.3) is 0 Å². The van der Waals surface area contributed by atoms with Gasteiger partial charge in [0.1, 0.15) is 5.75 Å². The van der Waals surface area contributed by atoms with E-state index >= 15 is 0 Å². The maximum Gasteiger partial charge on any atom is 0.341 e. The van der Waals surface area contributed by atoms with Gasteiger partial charge in [0.15, 0.2) is 6.61 Å². The molecule has 2 rings (SSSR count). The van der Waals surface area contributed by atoms with Crippen molar-refractivity contribution in [2.24, 2.45) is 0 Å². The molecule has 2 aromatic rings. The molecule has 0 spiro atoms. The Labute approximate surface area is 162 Å². The lowest BCUT2D eigenvalue weighted by molar-refractivity contribution is -0.139. The second-order valence-electron chi connectivity index (χ2n) is 6.02. The number of halogens is 2. The van der Waals surface area contributed by atoms with Crippen molar-refractivity contribution >= 4 is 29.2 Å². The third-order valence-electron chi connectivity index (χ3n) is 3.81. The Bertz CT molecular complexity index is 754. The number of carbonyl (C=O) groups is 1. The van der Waals surface area contributed by atoms with Crippen LogP contribution in [0.1, 0.15) is 24.2 Å². The summed E-state index contributed by atoms with van der Waals surface area (Å²) in [5, 5.41) is 23.2. The molecule has 0 aliphatic carbocycles. The summed E-state index contributed by atoms with van der Waals surface area (Å²) in [7, 11) is 0. The monoisotopic (exact) mass is 397 g/mol. The zero-order valence-electron chi connectivity index (χ0n) is 14.3. The Hall–Kier alpha value is -1.79. The minimum Gasteiger partial charge on any atom is -0.482 e. The molecule has 26 heavy (non-hydrogen) atoms. The predicted octanol–water partition coefficient (Wildman–Crippen LogP) is 3.71. The van der Waals surface area contributed by atoms with E-state index in [0.29, 0.717) is 28.8 Å². The van der Waals surface area contributed by atoms with Gasteiger partial charge in [0.2, 0.25) is 0 Å². The highest BCUT2D eigenvalue weighted by Crippen LogP contribution is 2.24. The molecule has 0 aromatic heterocycles. The standard InChI is InChI=1S/C19H21Cl2NO4/c1-12(22-10-18(23)14-3-2-4-15(20)8-14)7-13-5-6-16(9-17(13)21)26-11-19(24)25/h2-6,8-9,12,18,22-23H,7,10-11H2,1H3,(H,24,25). The molecule has 2 aromatic carbocycles. The quantitative estimate of drug-likeness (QED) is 0.600. The summed E-state index contributed by atoms with van der Waals surface area (Å²) in [6, 6.07) is 12.3. The van der Waals surface area contributed by atoms with Gasteiger partial charge < -0.3 is 20.3 Å². The summed E-state index contributed by atoms with van der Waals surface area (Å²) in [6.07, 6.45) is -0.00116. The highest BCUT2D eigenvalue weighted by Gasteiger charge is 2.12. The summed E-state index contributed by atoms with van der Waals surface area (Å²) < 4.78 is 5.10. The second kappa shape index (κ2) is 9.78. The normalized spacial score (nSPS) is 13.2. The highest BCUT2D eigenvalue weighted by molar-refractivity contribution is 6.31. The van der Waals surface area contributed by atoms with Crippen molar-refractivity contribution in [2.45, 2.75) is 25.5 Å². The van der Waals surface area contributed by atoms with Crippen LogP contribution < -0.4 is 10.1 Å². The molecule has 7 heteroatoms. The molecule has 0 aliphatic heterocycles. The molecule has 0 aliphatic rings. The van der Waals surface area contributed by atoms with E-state index in [9.17, 15) is 9.90 Å². The fraction of sp³-hybridized carbons (Fsp3) is 0.316. The molecule has 2 unspecified atom stereocenters. The second-order valence-corrected chi connectivity index (χ2v) is 6.86. The average molecular weight is 398 g/mol. The number of rotatable bonds is 9. The first-order valence-corrected chi connectivity index (χ1v) is 8.90. The van der Waals surface area contributed by atoms with Crippen molar-refractivity contribution in [3.05, 3.63) is 63.6 Å². The maximum absolute atomic E-state index is 10.5. The predicted molar refractivity (Wildman–Crippen MR) is 102 cm³/mol. The number of aliphatic carboxylic acids is 1. The number of aliphatic hydroxyl groups excluding tert-OH is 1. The van der Waals surface area contributed by atoms with Gasteiger partial charge >= 0.3 is 5.97 Å². The lowest BCUT2D eigenvalue weighted by atomic mass is 10.1. The van der Waals surface area contributed by atoms with Gasteiger partial charge in [0.05, 0.1) is 6.10 Å². The smallest absolute Gasteiger partial charge is 0.341 e. The van der Waals surface area contributed by atoms with Crippen LogP contribution in [0.3, 0.4) is 0 Å². The topological polar surface area (TPSA) is 78.8 Å². The molecular formula is C19H21Cl2NO4. The van der Waals surface area contributed by atoms with Crippen LogP contribution in [0.2, 0.25) is 10.0 Å². The van der Waals surface area contributed by atoms with Gasteiger partial charge in [-0.2, -0.15) is 0 Å². The van der Waals surface area contributed by atoms with Gasteiger partial charge in [-0.05, 0) is 48.7 Å². The lowest BCUT2D eigenvalue weighted by Gasteiger charge is -2.18. The summed E-state index contributed by atoms with van der Waals surface area (Å²) in [4.78, 5) is 10.5. The van der Waals surface area contributed by atoms with Gasteiger partial charge in [-0.3, -0.25) is 0 Å². The van der Waals surface area contributed by atoms with Crippen molar-refractivity contribution in [1.82, 2.24) is 5.32 Å². The summed E-state index contributed by atoms with van der Waals surface area (Å²) >= 11 is 12.2. The number of hydrogen-bond acceptors (Lipinski definition) is 4. The van der Waals surface area contributed by atoms with E-state index in [1.165, 1.54) is 0 Å². The molecule has 0 amide bonds. The first-order valence-electron chi connectivity index (χ1n) is 8.15. The van der Waals surface area contributed by atoms with Crippen LogP contribution in [0.5, 0.6) is 5.75 Å². The molecule has 3 N–H and O–H groups in total. The van der Waals surface area contributed by atoms with Crippen LogP contribution in [0.15, 0.2) is 42.5 Å². The SMILES string of the molecule is CC(Cc1ccc(OCC(=O)O)cc1Cl)NCC(O)c1cccc(Cl)c1. The fourth-order valence-corrected chi connectivity index (χ4v) is 2.92. The number of carboxylic acids is 1. The number of nitrogens with one attached hydrogen (secondary N) is 1. The third-order valence-corrected chi connectivity index (χ3v) is 4.39. The summed E-state index contributed by atoms with van der Waals surface area (Å²) in [5.74, 6) is -0.626. The van der Waals surface area contributed by atoms with Crippen LogP contribution >= 0.6 is 23.2 Å². The minimum absolute atomic E-state index is 0.0760. The number of ether oxygens (including phenoxy) is 1. The largest absolute Gasteiger partial charge is 0.482 e. The first kappa shape index (κ1) is 20.5. The van der Waals surface area contributed by atoms with Gasteiger partial charge in [-0.15, -0.1) is 0 Å². The number of aliphatic hydroxyl groups is 1. The van der Waals surface area contributed by atoms with E-state index in [1.54, 1.807) is 30.3 Å². The molecule has 140 valence electrons. The van der Waals surface area contributed by atoms with E-state index in [2.05, 4.69) is 5.32 Å². The Morgan fingerprint density at radius 3 is 2.65 bits per heavy atom. The van der Waals surface area contributed by atoms with Crippen molar-refractivity contribution in [3.8, 4) is 5.75 Å². The summed E-state index contributed by atoms with van der Waals surface area (Å²) in [6.45, 7) is 1.98.